The number of amides is 1. The van der Waals surface area contributed by atoms with Crippen LogP contribution in [0.25, 0.3) is 0 Å². The van der Waals surface area contributed by atoms with E-state index in [0.717, 1.165) is 11.3 Å². The van der Waals surface area contributed by atoms with Gasteiger partial charge < -0.3 is 14.8 Å². The highest BCUT2D eigenvalue weighted by atomic mass is 16.3. The first-order valence-corrected chi connectivity index (χ1v) is 7.48. The molecule has 0 unspecified atom stereocenters. The largest absolute Gasteiger partial charge is 0.466 e. The van der Waals surface area contributed by atoms with E-state index < -0.39 is 0 Å². The topological polar surface area (TPSA) is 80.3 Å². The van der Waals surface area contributed by atoms with Gasteiger partial charge in [0.25, 0.3) is 5.91 Å². The Bertz CT molecular complexity index is 683. The lowest BCUT2D eigenvalue weighted by molar-refractivity contribution is 0.0235. The smallest absolute Gasteiger partial charge is 0.255 e. The third-order valence-corrected chi connectivity index (χ3v) is 4.28. The van der Waals surface area contributed by atoms with Crippen molar-refractivity contribution in [2.75, 3.05) is 0 Å². The molecule has 0 spiro atoms. The summed E-state index contributed by atoms with van der Waals surface area (Å²) in [5.41, 5.74) is 1.52. The third kappa shape index (κ3) is 2.78. The maximum atomic E-state index is 12.5. The molecule has 6 nitrogen and oxygen atoms in total. The molecule has 1 amide bonds. The van der Waals surface area contributed by atoms with Crippen molar-refractivity contribution in [3.05, 3.63) is 41.1 Å². The van der Waals surface area contributed by atoms with E-state index in [2.05, 4.69) is 10.4 Å². The van der Waals surface area contributed by atoms with Gasteiger partial charge in [-0.15, -0.1) is 0 Å². The van der Waals surface area contributed by atoms with Crippen molar-refractivity contribution < 1.29 is 14.3 Å². The number of carbonyl (C=O) groups excluding carboxylic acids is 1. The Balaban J connectivity index is 1.81. The number of aromatic nitrogens is 2. The van der Waals surface area contributed by atoms with E-state index in [1.807, 2.05) is 20.2 Å². The molecule has 0 radical (unpaired) electrons. The van der Waals surface area contributed by atoms with Crippen LogP contribution in [0.3, 0.4) is 0 Å². The van der Waals surface area contributed by atoms with E-state index in [1.54, 1.807) is 23.9 Å². The van der Waals surface area contributed by atoms with Crippen molar-refractivity contribution in [1.82, 2.24) is 15.1 Å². The fraction of sp³-hybridized carbons (Fsp3) is 0.500. The number of aryl methyl sites for hydroxylation is 3. The third-order valence-electron chi connectivity index (χ3n) is 4.28. The summed E-state index contributed by atoms with van der Waals surface area (Å²) in [6.45, 7) is 3.61. The first-order chi connectivity index (χ1) is 10.4. The van der Waals surface area contributed by atoms with Crippen molar-refractivity contribution >= 4 is 5.91 Å². The average molecular weight is 303 g/mol. The van der Waals surface area contributed by atoms with Gasteiger partial charge in [-0.05, 0) is 38.7 Å². The van der Waals surface area contributed by atoms with E-state index >= 15 is 0 Å². The van der Waals surface area contributed by atoms with Gasteiger partial charge in [-0.25, -0.2) is 0 Å². The Morgan fingerprint density at radius 1 is 1.50 bits per heavy atom. The minimum atomic E-state index is -0.265. The number of nitrogens with one attached hydrogen (secondary N) is 1. The van der Waals surface area contributed by atoms with Crippen molar-refractivity contribution in [3.63, 3.8) is 0 Å². The molecule has 0 saturated heterocycles. The molecule has 1 atom stereocenters. The Labute approximate surface area is 129 Å². The zero-order chi connectivity index (χ0) is 15.9. The number of rotatable bonds is 4. The van der Waals surface area contributed by atoms with Crippen LogP contribution in [0.1, 0.15) is 46.3 Å². The molecule has 6 heteroatoms. The van der Waals surface area contributed by atoms with Crippen LogP contribution in [0.4, 0.5) is 0 Å². The monoisotopic (exact) mass is 303 g/mol. The molecule has 1 saturated carbocycles. The molecule has 22 heavy (non-hydrogen) atoms. The van der Waals surface area contributed by atoms with Gasteiger partial charge in [0.2, 0.25) is 0 Å². The molecule has 1 aliphatic rings. The number of aliphatic hydroxyl groups excluding tert-OH is 1. The summed E-state index contributed by atoms with van der Waals surface area (Å²) in [5, 5.41) is 16.8. The lowest BCUT2D eigenvalue weighted by Crippen LogP contribution is -2.41. The van der Waals surface area contributed by atoms with Crippen LogP contribution in [0.5, 0.6) is 0 Å². The molecular formula is C16H21N3O3. The summed E-state index contributed by atoms with van der Waals surface area (Å²) in [6.07, 6.45) is 4.80. The van der Waals surface area contributed by atoms with E-state index in [9.17, 15) is 9.90 Å². The molecular weight excluding hydrogens is 282 g/mol. The molecule has 2 aromatic rings. The number of aliphatic hydroxyl groups is 1. The highest BCUT2D eigenvalue weighted by Gasteiger charge is 2.36. The maximum absolute atomic E-state index is 12.5. The zero-order valence-electron chi connectivity index (χ0n) is 13.0. The summed E-state index contributed by atoms with van der Waals surface area (Å²) < 4.78 is 7.15. The molecule has 2 heterocycles. The average Bonchev–Trinajstić information content (AvgIpc) is 2.98. The Morgan fingerprint density at radius 2 is 2.23 bits per heavy atom. The minimum Gasteiger partial charge on any atom is -0.466 e. The number of hydrogen-bond donors (Lipinski definition) is 2. The summed E-state index contributed by atoms with van der Waals surface area (Å²) in [4.78, 5) is 12.5. The Morgan fingerprint density at radius 3 is 2.73 bits per heavy atom. The van der Waals surface area contributed by atoms with E-state index in [4.69, 9.17) is 4.42 Å². The first kappa shape index (κ1) is 14.8. The van der Waals surface area contributed by atoms with Crippen LogP contribution < -0.4 is 5.32 Å². The first-order valence-electron chi connectivity index (χ1n) is 7.48. The van der Waals surface area contributed by atoms with Crippen LogP contribution in [0.15, 0.2) is 22.9 Å². The maximum Gasteiger partial charge on any atom is 0.255 e. The Kier molecular flexibility index (Phi) is 3.78. The quantitative estimate of drug-likeness (QED) is 0.903. The zero-order valence-corrected chi connectivity index (χ0v) is 13.0. The highest BCUT2D eigenvalue weighted by molar-refractivity contribution is 5.95. The normalized spacial score (nSPS) is 22.2. The van der Waals surface area contributed by atoms with Gasteiger partial charge in [0.15, 0.2) is 0 Å². The van der Waals surface area contributed by atoms with Crippen LogP contribution in [-0.2, 0) is 7.05 Å². The van der Waals surface area contributed by atoms with Crippen molar-refractivity contribution in [2.24, 2.45) is 13.0 Å². The minimum absolute atomic E-state index is 0.140. The van der Waals surface area contributed by atoms with Crippen molar-refractivity contribution in [3.8, 4) is 0 Å². The lowest BCUT2D eigenvalue weighted by Gasteiger charge is -2.37. The summed E-state index contributed by atoms with van der Waals surface area (Å²) in [5.74, 6) is 1.43. The fourth-order valence-corrected chi connectivity index (χ4v) is 3.05. The molecule has 3 rings (SSSR count). The van der Waals surface area contributed by atoms with Crippen LogP contribution in [0, 0.1) is 19.8 Å². The van der Waals surface area contributed by atoms with Crippen LogP contribution >= 0.6 is 0 Å². The molecule has 2 N–H and O–H groups in total. The molecule has 2 aromatic heterocycles. The lowest BCUT2D eigenvalue weighted by atomic mass is 9.75. The van der Waals surface area contributed by atoms with Crippen LogP contribution in [0.2, 0.25) is 0 Å². The molecule has 1 aliphatic carbocycles. The second-order valence-electron chi connectivity index (χ2n) is 6.11. The van der Waals surface area contributed by atoms with Gasteiger partial charge in [-0.2, -0.15) is 5.10 Å². The molecule has 1 fully saturated rings. The molecule has 118 valence electrons. The Hall–Kier alpha value is -2.08. The standard InChI is InChI=1S/C16H21N3O3/c1-9-4-14(10(2)22-9)16(21)18-15(11-5-13(20)6-11)12-7-17-19(3)8-12/h4,7-8,11,13,15,20H,5-6H2,1-3H3,(H,18,21)/t11?,13?,15-/m0/s1. The fourth-order valence-electron chi connectivity index (χ4n) is 3.05. The SMILES string of the molecule is Cc1cc(C(=O)N[C@H](c2cnn(C)c2)C2CC(O)C2)c(C)o1. The highest BCUT2D eigenvalue weighted by Crippen LogP contribution is 2.38. The number of nitrogens with zero attached hydrogens (tertiary/aromatic N) is 2. The summed E-state index contributed by atoms with van der Waals surface area (Å²) in [6, 6.07) is 1.61. The van der Waals surface area contributed by atoms with Gasteiger partial charge in [-0.3, -0.25) is 9.48 Å². The van der Waals surface area contributed by atoms with Crippen molar-refractivity contribution in [2.45, 2.75) is 38.8 Å². The number of hydrogen-bond acceptors (Lipinski definition) is 4. The van der Waals surface area contributed by atoms with Gasteiger partial charge >= 0.3 is 0 Å². The predicted molar refractivity (Wildman–Crippen MR) is 80.3 cm³/mol. The van der Waals surface area contributed by atoms with E-state index in [1.165, 1.54) is 0 Å². The van der Waals surface area contributed by atoms with Crippen LogP contribution in [-0.4, -0.2) is 26.9 Å². The summed E-state index contributed by atoms with van der Waals surface area (Å²) in [7, 11) is 1.85. The predicted octanol–water partition coefficient (Wildman–Crippen LogP) is 1.87. The van der Waals surface area contributed by atoms with Crippen molar-refractivity contribution in [1.29, 1.82) is 0 Å². The van der Waals surface area contributed by atoms with Gasteiger partial charge in [0.1, 0.15) is 11.5 Å². The molecule has 0 bridgehead atoms. The number of carbonyl (C=O) groups is 1. The second kappa shape index (κ2) is 5.61. The molecule has 0 aliphatic heterocycles. The van der Waals surface area contributed by atoms with E-state index in [0.29, 0.717) is 24.2 Å². The van der Waals surface area contributed by atoms with E-state index in [-0.39, 0.29) is 24.0 Å². The summed E-state index contributed by atoms with van der Waals surface area (Å²) >= 11 is 0. The van der Waals surface area contributed by atoms with Gasteiger partial charge in [0.05, 0.1) is 23.9 Å². The second-order valence-corrected chi connectivity index (χ2v) is 6.11. The van der Waals surface area contributed by atoms with Gasteiger partial charge in [-0.1, -0.05) is 0 Å². The number of furan rings is 1. The molecule has 0 aromatic carbocycles. The van der Waals surface area contributed by atoms with Gasteiger partial charge in [0, 0.05) is 18.8 Å².